The van der Waals surface area contributed by atoms with Crippen molar-refractivity contribution < 1.29 is 13.9 Å². The van der Waals surface area contributed by atoms with Crippen LogP contribution in [-0.4, -0.2) is 27.8 Å². The molecule has 3 rings (SSSR count). The van der Waals surface area contributed by atoms with Crippen LogP contribution in [0.15, 0.2) is 47.6 Å². The summed E-state index contributed by atoms with van der Waals surface area (Å²) in [5.74, 6) is 1.57. The van der Waals surface area contributed by atoms with Gasteiger partial charge in [-0.05, 0) is 23.8 Å². The fourth-order valence-electron chi connectivity index (χ4n) is 2.83. The van der Waals surface area contributed by atoms with Crippen LogP contribution in [0.1, 0.15) is 23.4 Å². The highest BCUT2D eigenvalue weighted by Crippen LogP contribution is 2.26. The summed E-state index contributed by atoms with van der Waals surface area (Å²) in [5.41, 5.74) is 1.74. The molecule has 2 aromatic carbocycles. The molecule has 3 aromatic rings. The standard InChI is InChI=1S/C21H22ClFN4O2S/c1-27-19(9-10-20(28)24-12-14-5-3-4-6-18(14)29-2)25-26-21(27)30-13-15-7-8-16(23)11-17(15)22/h3-8,11H,9-10,12-13H2,1-2H3,(H,24,28). The molecule has 9 heteroatoms. The highest BCUT2D eigenvalue weighted by Gasteiger charge is 2.13. The maximum absolute atomic E-state index is 13.2. The number of ether oxygens (including phenoxy) is 1. The van der Waals surface area contributed by atoms with Crippen molar-refractivity contribution in [2.75, 3.05) is 7.11 Å². The molecule has 1 N–H and O–H groups in total. The van der Waals surface area contributed by atoms with Gasteiger partial charge in [0.05, 0.1) is 7.11 Å². The summed E-state index contributed by atoms with van der Waals surface area (Å²) in [6, 6.07) is 11.9. The average Bonchev–Trinajstić information content (AvgIpc) is 3.09. The summed E-state index contributed by atoms with van der Waals surface area (Å²) in [4.78, 5) is 12.2. The van der Waals surface area contributed by atoms with Crippen molar-refractivity contribution in [3.8, 4) is 5.75 Å². The normalized spacial score (nSPS) is 10.8. The number of hydrogen-bond acceptors (Lipinski definition) is 5. The van der Waals surface area contributed by atoms with Crippen molar-refractivity contribution in [1.82, 2.24) is 20.1 Å². The van der Waals surface area contributed by atoms with Gasteiger partial charge >= 0.3 is 0 Å². The molecule has 0 fully saturated rings. The van der Waals surface area contributed by atoms with Gasteiger partial charge in [0.15, 0.2) is 5.16 Å². The molecule has 0 aliphatic heterocycles. The van der Waals surface area contributed by atoms with E-state index in [4.69, 9.17) is 16.3 Å². The van der Waals surface area contributed by atoms with Crippen molar-refractivity contribution in [2.24, 2.45) is 7.05 Å². The van der Waals surface area contributed by atoms with Crippen LogP contribution >= 0.6 is 23.4 Å². The molecule has 0 unspecified atom stereocenters. The SMILES string of the molecule is COc1ccccc1CNC(=O)CCc1nnc(SCc2ccc(F)cc2Cl)n1C. The largest absolute Gasteiger partial charge is 0.496 e. The lowest BCUT2D eigenvalue weighted by atomic mass is 10.2. The number of benzene rings is 2. The zero-order valence-corrected chi connectivity index (χ0v) is 18.3. The lowest BCUT2D eigenvalue weighted by molar-refractivity contribution is -0.121. The number of hydrogen-bond donors (Lipinski definition) is 1. The van der Waals surface area contributed by atoms with Crippen molar-refractivity contribution in [3.05, 3.63) is 70.3 Å². The Bertz CT molecular complexity index is 1030. The second kappa shape index (κ2) is 10.4. The van der Waals surface area contributed by atoms with E-state index in [-0.39, 0.29) is 11.7 Å². The van der Waals surface area contributed by atoms with E-state index >= 15 is 0 Å². The zero-order chi connectivity index (χ0) is 21.5. The highest BCUT2D eigenvalue weighted by atomic mass is 35.5. The summed E-state index contributed by atoms with van der Waals surface area (Å²) >= 11 is 7.52. The first-order valence-corrected chi connectivity index (χ1v) is 10.7. The number of amides is 1. The van der Waals surface area contributed by atoms with Crippen LogP contribution in [0, 0.1) is 5.82 Å². The van der Waals surface area contributed by atoms with Crippen molar-refractivity contribution in [3.63, 3.8) is 0 Å². The van der Waals surface area contributed by atoms with Gasteiger partial charge in [-0.15, -0.1) is 10.2 Å². The van der Waals surface area contributed by atoms with Crippen LogP contribution in [0.25, 0.3) is 0 Å². The van der Waals surface area contributed by atoms with Gasteiger partial charge in [0.25, 0.3) is 0 Å². The minimum Gasteiger partial charge on any atom is -0.496 e. The zero-order valence-electron chi connectivity index (χ0n) is 16.7. The average molecular weight is 449 g/mol. The first-order valence-electron chi connectivity index (χ1n) is 9.31. The van der Waals surface area contributed by atoms with E-state index in [0.29, 0.717) is 35.3 Å². The van der Waals surface area contributed by atoms with Gasteiger partial charge in [-0.2, -0.15) is 0 Å². The predicted octanol–water partition coefficient (Wildman–Crippen LogP) is 4.16. The molecule has 0 saturated heterocycles. The number of methoxy groups -OCH3 is 1. The molecule has 1 aromatic heterocycles. The third-order valence-corrected chi connectivity index (χ3v) is 5.96. The number of para-hydroxylation sites is 1. The minimum absolute atomic E-state index is 0.0730. The van der Waals surface area contributed by atoms with E-state index in [0.717, 1.165) is 22.7 Å². The second-order valence-corrected chi connectivity index (χ2v) is 7.92. The summed E-state index contributed by atoms with van der Waals surface area (Å²) < 4.78 is 20.3. The third kappa shape index (κ3) is 5.73. The number of rotatable bonds is 9. The van der Waals surface area contributed by atoms with Crippen LogP contribution in [0.2, 0.25) is 5.02 Å². The van der Waals surface area contributed by atoms with Crippen LogP contribution in [0.5, 0.6) is 5.75 Å². The van der Waals surface area contributed by atoms with Gasteiger partial charge in [-0.3, -0.25) is 4.79 Å². The summed E-state index contributed by atoms with van der Waals surface area (Å²) in [6.07, 6.45) is 0.773. The van der Waals surface area contributed by atoms with Crippen molar-refractivity contribution >= 4 is 29.3 Å². The van der Waals surface area contributed by atoms with E-state index in [2.05, 4.69) is 15.5 Å². The molecule has 0 aliphatic carbocycles. The highest BCUT2D eigenvalue weighted by molar-refractivity contribution is 7.98. The lowest BCUT2D eigenvalue weighted by Gasteiger charge is -2.09. The maximum atomic E-state index is 13.2. The van der Waals surface area contributed by atoms with E-state index in [9.17, 15) is 9.18 Å². The molecular formula is C21H22ClFN4O2S. The van der Waals surface area contributed by atoms with Gasteiger partial charge in [0.1, 0.15) is 17.4 Å². The lowest BCUT2D eigenvalue weighted by Crippen LogP contribution is -2.23. The van der Waals surface area contributed by atoms with E-state index in [1.807, 2.05) is 35.9 Å². The Labute approximate surface area is 183 Å². The predicted molar refractivity (Wildman–Crippen MR) is 115 cm³/mol. The number of carbonyl (C=O) groups is 1. The second-order valence-electron chi connectivity index (χ2n) is 6.57. The fraction of sp³-hybridized carbons (Fsp3) is 0.286. The molecule has 30 heavy (non-hydrogen) atoms. The van der Waals surface area contributed by atoms with E-state index in [1.165, 1.54) is 23.9 Å². The molecule has 0 bridgehead atoms. The fourth-order valence-corrected chi connectivity index (χ4v) is 4.07. The van der Waals surface area contributed by atoms with Gasteiger partial charge in [-0.1, -0.05) is 47.6 Å². The first kappa shape index (κ1) is 22.1. The summed E-state index contributed by atoms with van der Waals surface area (Å²) in [6.45, 7) is 0.404. The number of aryl methyl sites for hydroxylation is 1. The molecule has 0 atom stereocenters. The first-order chi connectivity index (χ1) is 14.5. The molecule has 1 heterocycles. The number of nitrogens with zero attached hydrogens (tertiary/aromatic N) is 3. The molecule has 0 spiro atoms. The number of halogens is 2. The van der Waals surface area contributed by atoms with Gasteiger partial charge < -0.3 is 14.6 Å². The minimum atomic E-state index is -0.362. The van der Waals surface area contributed by atoms with E-state index in [1.54, 1.807) is 13.2 Å². The Morgan fingerprint density at radius 2 is 2.03 bits per heavy atom. The van der Waals surface area contributed by atoms with Crippen LogP contribution in [0.4, 0.5) is 4.39 Å². The number of nitrogens with one attached hydrogen (secondary N) is 1. The van der Waals surface area contributed by atoms with Crippen LogP contribution in [-0.2, 0) is 30.6 Å². The van der Waals surface area contributed by atoms with Crippen molar-refractivity contribution in [1.29, 1.82) is 0 Å². The monoisotopic (exact) mass is 448 g/mol. The molecule has 0 aliphatic rings. The third-order valence-electron chi connectivity index (χ3n) is 4.54. The Hall–Kier alpha value is -2.58. The quantitative estimate of drug-likeness (QED) is 0.498. The Morgan fingerprint density at radius 3 is 2.80 bits per heavy atom. The number of aromatic nitrogens is 3. The topological polar surface area (TPSA) is 69.0 Å². The number of carbonyl (C=O) groups excluding carboxylic acids is 1. The Kier molecular flexibility index (Phi) is 7.70. The Balaban J connectivity index is 1.50. The van der Waals surface area contributed by atoms with Gasteiger partial charge in [0.2, 0.25) is 5.91 Å². The number of thioether (sulfide) groups is 1. The van der Waals surface area contributed by atoms with Crippen LogP contribution < -0.4 is 10.1 Å². The van der Waals surface area contributed by atoms with Gasteiger partial charge in [-0.25, -0.2) is 4.39 Å². The molecule has 0 saturated carbocycles. The van der Waals surface area contributed by atoms with Gasteiger partial charge in [0, 0.05) is 42.8 Å². The summed E-state index contributed by atoms with van der Waals surface area (Å²) in [7, 11) is 3.46. The van der Waals surface area contributed by atoms with Crippen molar-refractivity contribution in [2.45, 2.75) is 30.3 Å². The van der Waals surface area contributed by atoms with Crippen LogP contribution in [0.3, 0.4) is 0 Å². The molecule has 158 valence electrons. The molecule has 1 amide bonds. The summed E-state index contributed by atoms with van der Waals surface area (Å²) in [5, 5.41) is 12.4. The molecular weight excluding hydrogens is 427 g/mol. The van der Waals surface area contributed by atoms with E-state index < -0.39 is 0 Å². The maximum Gasteiger partial charge on any atom is 0.220 e. The molecule has 0 radical (unpaired) electrons. The smallest absolute Gasteiger partial charge is 0.220 e. The molecule has 6 nitrogen and oxygen atoms in total. The Morgan fingerprint density at radius 1 is 1.23 bits per heavy atom.